The standard InChI is InChI=1S/C14H24O/c1-4-14(3,5-2)13-10-8-6-7-9-11(15)12(10)13/h10,12-13H,4-9H2,1-3H3. The van der Waals surface area contributed by atoms with Gasteiger partial charge in [-0.1, -0.05) is 40.0 Å². The molecule has 3 atom stereocenters. The molecule has 0 aromatic rings. The second kappa shape index (κ2) is 3.92. The van der Waals surface area contributed by atoms with E-state index >= 15 is 0 Å². The highest BCUT2D eigenvalue weighted by atomic mass is 16.1. The molecule has 1 heteroatoms. The Hall–Kier alpha value is -0.330. The Morgan fingerprint density at radius 2 is 1.93 bits per heavy atom. The largest absolute Gasteiger partial charge is 0.299 e. The van der Waals surface area contributed by atoms with E-state index in [1.165, 1.54) is 25.7 Å². The number of rotatable bonds is 3. The van der Waals surface area contributed by atoms with Gasteiger partial charge in [0.25, 0.3) is 0 Å². The van der Waals surface area contributed by atoms with Gasteiger partial charge in [0.1, 0.15) is 5.78 Å². The molecule has 0 bridgehead atoms. The maximum atomic E-state index is 11.9. The van der Waals surface area contributed by atoms with Crippen LogP contribution >= 0.6 is 0 Å². The molecule has 15 heavy (non-hydrogen) atoms. The Balaban J connectivity index is 2.11. The van der Waals surface area contributed by atoms with Crippen LogP contribution in [0.3, 0.4) is 0 Å². The second-order valence-corrected chi connectivity index (χ2v) is 5.79. The molecule has 0 amide bonds. The predicted octanol–water partition coefficient (Wildman–Crippen LogP) is 3.82. The van der Waals surface area contributed by atoms with Crippen molar-refractivity contribution in [1.29, 1.82) is 0 Å². The molecular formula is C14H24O. The molecule has 0 N–H and O–H groups in total. The minimum Gasteiger partial charge on any atom is -0.299 e. The van der Waals surface area contributed by atoms with E-state index < -0.39 is 0 Å². The maximum absolute atomic E-state index is 11.9. The van der Waals surface area contributed by atoms with Gasteiger partial charge in [0.2, 0.25) is 0 Å². The summed E-state index contributed by atoms with van der Waals surface area (Å²) in [5.74, 6) is 2.51. The lowest BCUT2D eigenvalue weighted by atomic mass is 9.77. The van der Waals surface area contributed by atoms with Gasteiger partial charge < -0.3 is 0 Å². The van der Waals surface area contributed by atoms with Crippen molar-refractivity contribution >= 4 is 5.78 Å². The van der Waals surface area contributed by atoms with Crippen LogP contribution < -0.4 is 0 Å². The summed E-state index contributed by atoms with van der Waals surface area (Å²) in [5, 5.41) is 0. The highest BCUT2D eigenvalue weighted by Crippen LogP contribution is 2.62. The first-order chi connectivity index (χ1) is 7.14. The topological polar surface area (TPSA) is 17.1 Å². The summed E-state index contributed by atoms with van der Waals surface area (Å²) in [6, 6.07) is 0. The quantitative estimate of drug-likeness (QED) is 0.689. The van der Waals surface area contributed by atoms with Gasteiger partial charge in [-0.25, -0.2) is 0 Å². The first kappa shape index (κ1) is 11.2. The van der Waals surface area contributed by atoms with Crippen molar-refractivity contribution in [3.05, 3.63) is 0 Å². The van der Waals surface area contributed by atoms with Crippen molar-refractivity contribution in [3.8, 4) is 0 Å². The SMILES string of the molecule is CCC(C)(CC)C1C2CCCCC(=O)C21. The molecule has 2 saturated carbocycles. The van der Waals surface area contributed by atoms with E-state index in [2.05, 4.69) is 20.8 Å². The molecule has 0 heterocycles. The van der Waals surface area contributed by atoms with Crippen molar-refractivity contribution in [2.75, 3.05) is 0 Å². The Morgan fingerprint density at radius 1 is 1.27 bits per heavy atom. The minimum absolute atomic E-state index is 0.433. The van der Waals surface area contributed by atoms with Gasteiger partial charge in [0.05, 0.1) is 0 Å². The zero-order valence-electron chi connectivity index (χ0n) is 10.4. The monoisotopic (exact) mass is 208 g/mol. The fraction of sp³-hybridized carbons (Fsp3) is 0.929. The summed E-state index contributed by atoms with van der Waals surface area (Å²) < 4.78 is 0. The zero-order chi connectivity index (χ0) is 11.1. The third kappa shape index (κ3) is 1.74. The summed E-state index contributed by atoms with van der Waals surface area (Å²) in [7, 11) is 0. The van der Waals surface area contributed by atoms with Crippen LogP contribution in [0.25, 0.3) is 0 Å². The first-order valence-electron chi connectivity index (χ1n) is 6.66. The molecule has 2 rings (SSSR count). The van der Waals surface area contributed by atoms with Gasteiger partial charge in [-0.2, -0.15) is 0 Å². The van der Waals surface area contributed by atoms with E-state index in [1.54, 1.807) is 0 Å². The predicted molar refractivity (Wildman–Crippen MR) is 62.6 cm³/mol. The number of carbonyl (C=O) groups excluding carboxylic acids is 1. The van der Waals surface area contributed by atoms with E-state index in [0.717, 1.165) is 24.7 Å². The maximum Gasteiger partial charge on any atom is 0.136 e. The number of Topliss-reactive ketones (excluding diaryl/α,β-unsaturated/α-hetero) is 1. The van der Waals surface area contributed by atoms with Gasteiger partial charge in [-0.15, -0.1) is 0 Å². The lowest BCUT2D eigenvalue weighted by Gasteiger charge is -2.28. The summed E-state index contributed by atoms with van der Waals surface area (Å²) in [6.07, 6.45) is 7.07. The molecule has 0 aliphatic heterocycles. The van der Waals surface area contributed by atoms with Crippen LogP contribution in [0.1, 0.15) is 59.3 Å². The van der Waals surface area contributed by atoms with Crippen molar-refractivity contribution in [3.63, 3.8) is 0 Å². The molecule has 0 saturated heterocycles. The smallest absolute Gasteiger partial charge is 0.136 e. The van der Waals surface area contributed by atoms with Gasteiger partial charge in [-0.3, -0.25) is 4.79 Å². The molecule has 2 fully saturated rings. The molecule has 0 aromatic carbocycles. The number of carbonyl (C=O) groups is 1. The van der Waals surface area contributed by atoms with Crippen LogP contribution in [0.5, 0.6) is 0 Å². The second-order valence-electron chi connectivity index (χ2n) is 5.79. The first-order valence-corrected chi connectivity index (χ1v) is 6.66. The van der Waals surface area contributed by atoms with E-state index in [4.69, 9.17) is 0 Å². The highest BCUT2D eigenvalue weighted by Gasteiger charge is 2.60. The minimum atomic E-state index is 0.433. The van der Waals surface area contributed by atoms with Gasteiger partial charge in [-0.05, 0) is 30.1 Å². The average molecular weight is 208 g/mol. The Bertz CT molecular complexity index is 252. The Morgan fingerprint density at radius 3 is 2.53 bits per heavy atom. The van der Waals surface area contributed by atoms with Crippen LogP contribution in [0.4, 0.5) is 0 Å². The van der Waals surface area contributed by atoms with E-state index in [9.17, 15) is 4.79 Å². The van der Waals surface area contributed by atoms with Crippen LogP contribution in [-0.4, -0.2) is 5.78 Å². The molecule has 0 spiro atoms. The van der Waals surface area contributed by atoms with Crippen LogP contribution in [0.2, 0.25) is 0 Å². The fourth-order valence-corrected chi connectivity index (χ4v) is 3.69. The molecule has 0 radical (unpaired) electrons. The normalized spacial score (nSPS) is 35.9. The number of fused-ring (bicyclic) bond motifs is 1. The van der Waals surface area contributed by atoms with Gasteiger partial charge in [0.15, 0.2) is 0 Å². The highest BCUT2D eigenvalue weighted by molar-refractivity contribution is 5.84. The number of hydrogen-bond acceptors (Lipinski definition) is 1. The van der Waals surface area contributed by atoms with Gasteiger partial charge >= 0.3 is 0 Å². The van der Waals surface area contributed by atoms with Crippen molar-refractivity contribution < 1.29 is 4.79 Å². The lowest BCUT2D eigenvalue weighted by Crippen LogP contribution is -2.20. The van der Waals surface area contributed by atoms with Crippen molar-refractivity contribution in [2.24, 2.45) is 23.2 Å². The van der Waals surface area contributed by atoms with Crippen LogP contribution in [0.15, 0.2) is 0 Å². The number of ketones is 1. The molecule has 0 aromatic heterocycles. The lowest BCUT2D eigenvalue weighted by molar-refractivity contribution is -0.121. The third-order valence-corrected chi connectivity index (χ3v) is 5.17. The summed E-state index contributed by atoms with van der Waals surface area (Å²) in [6.45, 7) is 6.96. The Kier molecular flexibility index (Phi) is 2.92. The van der Waals surface area contributed by atoms with Crippen molar-refractivity contribution in [2.45, 2.75) is 59.3 Å². The molecule has 3 unspecified atom stereocenters. The fourth-order valence-electron chi connectivity index (χ4n) is 3.69. The van der Waals surface area contributed by atoms with E-state index in [-0.39, 0.29) is 0 Å². The summed E-state index contributed by atoms with van der Waals surface area (Å²) in [4.78, 5) is 11.9. The summed E-state index contributed by atoms with van der Waals surface area (Å²) in [5.41, 5.74) is 0.433. The number of hydrogen-bond donors (Lipinski definition) is 0. The summed E-state index contributed by atoms with van der Waals surface area (Å²) >= 11 is 0. The zero-order valence-corrected chi connectivity index (χ0v) is 10.4. The van der Waals surface area contributed by atoms with Gasteiger partial charge in [0, 0.05) is 12.3 Å². The molecule has 86 valence electrons. The average Bonchev–Trinajstić information content (AvgIpc) is 2.98. The van der Waals surface area contributed by atoms with E-state index in [1.807, 2.05) is 0 Å². The Labute approximate surface area is 93.6 Å². The van der Waals surface area contributed by atoms with Crippen LogP contribution in [0, 0.1) is 23.2 Å². The molecular weight excluding hydrogens is 184 g/mol. The third-order valence-electron chi connectivity index (χ3n) is 5.17. The molecule has 1 nitrogen and oxygen atoms in total. The van der Waals surface area contributed by atoms with Crippen molar-refractivity contribution in [1.82, 2.24) is 0 Å². The molecule has 2 aliphatic carbocycles. The van der Waals surface area contributed by atoms with E-state index in [0.29, 0.717) is 17.1 Å². The van der Waals surface area contributed by atoms with Crippen LogP contribution in [-0.2, 0) is 4.79 Å². The molecule has 2 aliphatic rings.